The number of hydrogen-bond donors (Lipinski definition) is 1. The molecule has 3 rings (SSSR count). The third-order valence-electron chi connectivity index (χ3n) is 3.37. The molecule has 2 heterocycles. The summed E-state index contributed by atoms with van der Waals surface area (Å²) in [4.78, 5) is 1.21. The van der Waals surface area contributed by atoms with Gasteiger partial charge < -0.3 is 5.73 Å². The minimum Gasteiger partial charge on any atom is -0.326 e. The van der Waals surface area contributed by atoms with Gasteiger partial charge in [-0.1, -0.05) is 0 Å². The number of nitrogens with zero attached hydrogens (tertiary/aromatic N) is 1. The van der Waals surface area contributed by atoms with E-state index in [4.69, 9.17) is 5.73 Å². The normalized spacial score (nSPS) is 15.8. The third kappa shape index (κ3) is 3.25. The number of hydrogen-bond acceptors (Lipinski definition) is 5. The van der Waals surface area contributed by atoms with Crippen molar-refractivity contribution in [2.45, 2.75) is 36.9 Å². The molecule has 1 saturated carbocycles. The molecule has 0 atom stereocenters. The molecule has 0 aliphatic heterocycles. The van der Waals surface area contributed by atoms with Gasteiger partial charge in [0.1, 0.15) is 4.90 Å². The lowest BCUT2D eigenvalue weighted by Crippen LogP contribution is -2.32. The van der Waals surface area contributed by atoms with Crippen molar-refractivity contribution in [1.82, 2.24) is 4.31 Å². The molecular weight excluding hydrogens is 392 g/mol. The van der Waals surface area contributed by atoms with E-state index in [9.17, 15) is 8.42 Å². The molecule has 8 heteroatoms. The number of sulfonamides is 1. The molecule has 2 aromatic heterocycles. The summed E-state index contributed by atoms with van der Waals surface area (Å²) >= 11 is 6.34. The molecule has 0 aromatic carbocycles. The number of nitrogens with two attached hydrogens (primary N) is 1. The van der Waals surface area contributed by atoms with Gasteiger partial charge in [-0.15, -0.1) is 11.3 Å². The fourth-order valence-electron chi connectivity index (χ4n) is 2.14. The van der Waals surface area contributed by atoms with E-state index in [-0.39, 0.29) is 6.04 Å². The van der Waals surface area contributed by atoms with E-state index in [1.807, 2.05) is 16.8 Å². The van der Waals surface area contributed by atoms with Crippen molar-refractivity contribution in [2.24, 2.45) is 5.73 Å². The van der Waals surface area contributed by atoms with E-state index < -0.39 is 10.0 Å². The van der Waals surface area contributed by atoms with Gasteiger partial charge in [0.15, 0.2) is 0 Å². The zero-order chi connectivity index (χ0) is 15.0. The van der Waals surface area contributed by atoms with Gasteiger partial charge in [-0.05, 0) is 57.2 Å². The van der Waals surface area contributed by atoms with Crippen molar-refractivity contribution in [2.75, 3.05) is 0 Å². The highest BCUT2D eigenvalue weighted by Gasteiger charge is 2.39. The highest BCUT2D eigenvalue weighted by molar-refractivity contribution is 9.11. The van der Waals surface area contributed by atoms with E-state index in [1.165, 1.54) is 11.3 Å². The van der Waals surface area contributed by atoms with Crippen molar-refractivity contribution < 1.29 is 8.42 Å². The summed E-state index contributed by atoms with van der Waals surface area (Å²) in [5.74, 6) is 0. The Bertz CT molecular complexity index is 721. The van der Waals surface area contributed by atoms with Gasteiger partial charge in [-0.3, -0.25) is 0 Å². The molecule has 2 aromatic rings. The highest BCUT2D eigenvalue weighted by atomic mass is 79.9. The van der Waals surface area contributed by atoms with E-state index in [0.29, 0.717) is 21.8 Å². The average Bonchev–Trinajstić information content (AvgIpc) is 2.99. The molecule has 0 spiro atoms. The van der Waals surface area contributed by atoms with Crippen LogP contribution < -0.4 is 5.73 Å². The standard InChI is InChI=1S/C13H15BrN2O2S3/c14-13-12(5-11(6-15)20-13)21(17,18)16(10-1-2-10)7-9-3-4-19-8-9/h3-5,8,10H,1-2,6-7,15H2. The van der Waals surface area contributed by atoms with E-state index in [0.717, 1.165) is 23.3 Å². The maximum Gasteiger partial charge on any atom is 0.245 e. The number of halogens is 1. The van der Waals surface area contributed by atoms with Crippen LogP contribution in [0.1, 0.15) is 23.3 Å². The molecule has 1 fully saturated rings. The molecule has 0 amide bonds. The Labute approximate surface area is 140 Å². The quantitative estimate of drug-likeness (QED) is 0.799. The Morgan fingerprint density at radius 1 is 1.43 bits per heavy atom. The Kier molecular flexibility index (Phi) is 4.54. The predicted molar refractivity (Wildman–Crippen MR) is 90.0 cm³/mol. The molecule has 4 nitrogen and oxygen atoms in total. The van der Waals surface area contributed by atoms with Gasteiger partial charge in [0, 0.05) is 24.0 Å². The van der Waals surface area contributed by atoms with Crippen LogP contribution in [0.25, 0.3) is 0 Å². The second-order valence-electron chi connectivity index (χ2n) is 4.97. The van der Waals surface area contributed by atoms with Gasteiger partial charge in [0.2, 0.25) is 10.0 Å². The number of rotatable bonds is 6. The van der Waals surface area contributed by atoms with E-state index in [2.05, 4.69) is 15.9 Å². The summed E-state index contributed by atoms with van der Waals surface area (Å²) < 4.78 is 28.2. The Morgan fingerprint density at radius 2 is 2.19 bits per heavy atom. The summed E-state index contributed by atoms with van der Waals surface area (Å²) in [5, 5.41) is 3.97. The Balaban J connectivity index is 1.95. The molecule has 1 aliphatic carbocycles. The average molecular weight is 407 g/mol. The fraction of sp³-hybridized carbons (Fsp3) is 0.385. The molecule has 114 valence electrons. The van der Waals surface area contributed by atoms with Crippen LogP contribution in [-0.4, -0.2) is 18.8 Å². The largest absolute Gasteiger partial charge is 0.326 e. The van der Waals surface area contributed by atoms with Gasteiger partial charge >= 0.3 is 0 Å². The molecule has 0 saturated heterocycles. The predicted octanol–water partition coefficient (Wildman–Crippen LogP) is 3.38. The van der Waals surface area contributed by atoms with Crippen LogP contribution in [0.15, 0.2) is 31.6 Å². The zero-order valence-corrected chi connectivity index (χ0v) is 15.2. The molecule has 2 N–H and O–H groups in total. The highest BCUT2D eigenvalue weighted by Crippen LogP contribution is 2.38. The van der Waals surface area contributed by atoms with Crippen LogP contribution in [0.5, 0.6) is 0 Å². The van der Waals surface area contributed by atoms with Gasteiger partial charge in [-0.25, -0.2) is 8.42 Å². The summed E-state index contributed by atoms with van der Waals surface area (Å²) in [7, 11) is -3.49. The maximum absolute atomic E-state index is 13.0. The first-order valence-corrected chi connectivity index (χ1v) is 10.5. The lowest BCUT2D eigenvalue weighted by atomic mass is 10.3. The van der Waals surface area contributed by atoms with E-state index >= 15 is 0 Å². The summed E-state index contributed by atoms with van der Waals surface area (Å²) in [6, 6.07) is 3.79. The SMILES string of the molecule is NCc1cc(S(=O)(=O)N(Cc2ccsc2)C2CC2)c(Br)s1. The molecule has 0 radical (unpaired) electrons. The first kappa shape index (κ1) is 15.6. The second kappa shape index (κ2) is 6.10. The Hall–Kier alpha value is -0.250. The molecule has 0 bridgehead atoms. The summed E-state index contributed by atoms with van der Waals surface area (Å²) in [6.07, 6.45) is 1.88. The van der Waals surface area contributed by atoms with Crippen LogP contribution in [0, 0.1) is 0 Å². The van der Waals surface area contributed by atoms with Gasteiger partial charge in [0.05, 0.1) is 3.79 Å². The number of thiophene rings is 2. The van der Waals surface area contributed by atoms with Crippen molar-refractivity contribution in [1.29, 1.82) is 0 Å². The topological polar surface area (TPSA) is 63.4 Å². The monoisotopic (exact) mass is 406 g/mol. The zero-order valence-electron chi connectivity index (χ0n) is 11.2. The van der Waals surface area contributed by atoms with Crippen LogP contribution in [-0.2, 0) is 23.1 Å². The lowest BCUT2D eigenvalue weighted by Gasteiger charge is -2.21. The smallest absolute Gasteiger partial charge is 0.245 e. The van der Waals surface area contributed by atoms with Gasteiger partial charge in [-0.2, -0.15) is 15.6 Å². The maximum atomic E-state index is 13.0. The van der Waals surface area contributed by atoms with E-state index in [1.54, 1.807) is 21.7 Å². The van der Waals surface area contributed by atoms with Crippen molar-refractivity contribution in [3.05, 3.63) is 37.1 Å². The van der Waals surface area contributed by atoms with Crippen LogP contribution >= 0.6 is 38.6 Å². The van der Waals surface area contributed by atoms with Crippen LogP contribution in [0.3, 0.4) is 0 Å². The molecule has 1 aliphatic rings. The summed E-state index contributed by atoms with van der Waals surface area (Å²) in [6.45, 7) is 0.795. The first-order valence-electron chi connectivity index (χ1n) is 6.53. The minimum atomic E-state index is -3.49. The van der Waals surface area contributed by atoms with Crippen molar-refractivity contribution in [3.63, 3.8) is 0 Å². The third-order valence-corrected chi connectivity index (χ3v) is 8.27. The van der Waals surface area contributed by atoms with Crippen LogP contribution in [0.2, 0.25) is 0 Å². The molecular formula is C13H15BrN2O2S3. The van der Waals surface area contributed by atoms with Crippen molar-refractivity contribution in [3.8, 4) is 0 Å². The summed E-state index contributed by atoms with van der Waals surface area (Å²) in [5.41, 5.74) is 6.66. The Morgan fingerprint density at radius 3 is 2.71 bits per heavy atom. The molecule has 0 unspecified atom stereocenters. The first-order chi connectivity index (χ1) is 10.0. The lowest BCUT2D eigenvalue weighted by molar-refractivity contribution is 0.399. The van der Waals surface area contributed by atoms with Crippen molar-refractivity contribution >= 4 is 48.6 Å². The second-order valence-corrected chi connectivity index (χ2v) is 10.1. The van der Waals surface area contributed by atoms with Crippen LogP contribution in [0.4, 0.5) is 0 Å². The van der Waals surface area contributed by atoms with Gasteiger partial charge in [0.25, 0.3) is 0 Å². The minimum absolute atomic E-state index is 0.128. The fourth-order valence-corrected chi connectivity index (χ4v) is 6.98. The molecule has 21 heavy (non-hydrogen) atoms.